The lowest BCUT2D eigenvalue weighted by Gasteiger charge is -2.09. The summed E-state index contributed by atoms with van der Waals surface area (Å²) in [6.45, 7) is 0. The minimum atomic E-state index is -0.294. The number of ether oxygens (including phenoxy) is 2. The van der Waals surface area contributed by atoms with Crippen LogP contribution >= 0.6 is 23.2 Å². The molecule has 3 aromatic rings. The molecule has 0 atom stereocenters. The summed E-state index contributed by atoms with van der Waals surface area (Å²) in [5.41, 5.74) is 1.72. The van der Waals surface area contributed by atoms with Crippen molar-refractivity contribution in [3.8, 4) is 11.5 Å². The van der Waals surface area contributed by atoms with E-state index in [0.29, 0.717) is 32.8 Å². The van der Waals surface area contributed by atoms with Crippen LogP contribution in [0.5, 0.6) is 11.5 Å². The molecular formula is C17H14Cl2N2O3. The fraction of sp³-hybridized carbons (Fsp3) is 0.118. The van der Waals surface area contributed by atoms with Gasteiger partial charge in [-0.05, 0) is 24.3 Å². The predicted octanol–water partition coefficient (Wildman–Crippen LogP) is 4.74. The summed E-state index contributed by atoms with van der Waals surface area (Å²) in [7, 11) is 3.10. The molecule has 0 radical (unpaired) electrons. The second-order valence-electron chi connectivity index (χ2n) is 5.03. The largest absolute Gasteiger partial charge is 0.493 e. The third-order valence-corrected chi connectivity index (χ3v) is 4.16. The Bertz CT molecular complexity index is 922. The molecule has 0 saturated carbocycles. The van der Waals surface area contributed by atoms with E-state index in [2.05, 4.69) is 10.3 Å². The van der Waals surface area contributed by atoms with Gasteiger partial charge in [0.05, 0.1) is 36.0 Å². The Morgan fingerprint density at radius 3 is 2.46 bits per heavy atom. The second kappa shape index (κ2) is 6.63. The number of hydrogen-bond acceptors (Lipinski definition) is 3. The van der Waals surface area contributed by atoms with E-state index in [1.54, 1.807) is 50.7 Å². The molecule has 124 valence electrons. The Morgan fingerprint density at radius 1 is 1.08 bits per heavy atom. The molecule has 7 heteroatoms. The van der Waals surface area contributed by atoms with Crippen molar-refractivity contribution in [3.05, 3.63) is 52.1 Å². The van der Waals surface area contributed by atoms with Gasteiger partial charge in [0.1, 0.15) is 0 Å². The predicted molar refractivity (Wildman–Crippen MR) is 95.8 cm³/mol. The summed E-state index contributed by atoms with van der Waals surface area (Å²) in [4.78, 5) is 15.6. The molecule has 1 aromatic heterocycles. The second-order valence-corrected chi connectivity index (χ2v) is 5.88. The Morgan fingerprint density at radius 2 is 1.79 bits per heavy atom. The highest BCUT2D eigenvalue weighted by Gasteiger charge is 2.16. The molecule has 0 aliphatic rings. The van der Waals surface area contributed by atoms with Crippen molar-refractivity contribution in [3.63, 3.8) is 0 Å². The standard InChI is InChI=1S/C17H14Cl2N2O3/c1-23-15-6-10-11(8-20-14(10)7-16(15)24-2)17(22)21-13-4-3-9(18)5-12(13)19/h3-8,20H,1-2H3,(H,21,22). The van der Waals surface area contributed by atoms with Gasteiger partial charge in [-0.25, -0.2) is 0 Å². The van der Waals surface area contributed by atoms with E-state index in [-0.39, 0.29) is 5.91 Å². The first-order chi connectivity index (χ1) is 11.5. The Hall–Kier alpha value is -2.37. The summed E-state index contributed by atoms with van der Waals surface area (Å²) >= 11 is 12.0. The molecule has 0 aliphatic carbocycles. The van der Waals surface area contributed by atoms with Gasteiger partial charge in [0.25, 0.3) is 5.91 Å². The fourth-order valence-electron chi connectivity index (χ4n) is 2.42. The monoisotopic (exact) mass is 364 g/mol. The van der Waals surface area contributed by atoms with Gasteiger partial charge < -0.3 is 19.8 Å². The normalized spacial score (nSPS) is 10.7. The number of H-pyrrole nitrogens is 1. The van der Waals surface area contributed by atoms with Crippen LogP contribution in [0.25, 0.3) is 10.9 Å². The summed E-state index contributed by atoms with van der Waals surface area (Å²) in [6.07, 6.45) is 1.63. The van der Waals surface area contributed by atoms with Gasteiger partial charge in [0.15, 0.2) is 11.5 Å². The average molecular weight is 365 g/mol. The zero-order valence-electron chi connectivity index (χ0n) is 12.9. The summed E-state index contributed by atoms with van der Waals surface area (Å²) < 4.78 is 10.6. The van der Waals surface area contributed by atoms with E-state index < -0.39 is 0 Å². The molecule has 0 bridgehead atoms. The molecular weight excluding hydrogens is 351 g/mol. The summed E-state index contributed by atoms with van der Waals surface area (Å²) in [5.74, 6) is 0.834. The number of carbonyl (C=O) groups is 1. The highest BCUT2D eigenvalue weighted by molar-refractivity contribution is 6.37. The Labute approximate surface area is 148 Å². The molecule has 1 heterocycles. The van der Waals surface area contributed by atoms with E-state index in [1.807, 2.05) is 0 Å². The number of amides is 1. The molecule has 0 unspecified atom stereocenters. The van der Waals surface area contributed by atoms with Gasteiger partial charge in [0, 0.05) is 22.7 Å². The van der Waals surface area contributed by atoms with E-state index >= 15 is 0 Å². The highest BCUT2D eigenvalue weighted by atomic mass is 35.5. The van der Waals surface area contributed by atoms with Gasteiger partial charge in [-0.15, -0.1) is 0 Å². The smallest absolute Gasteiger partial charge is 0.257 e. The lowest BCUT2D eigenvalue weighted by Crippen LogP contribution is -2.11. The molecule has 3 rings (SSSR count). The van der Waals surface area contributed by atoms with E-state index in [4.69, 9.17) is 32.7 Å². The number of fused-ring (bicyclic) bond motifs is 1. The van der Waals surface area contributed by atoms with Crippen LogP contribution in [0.1, 0.15) is 10.4 Å². The zero-order chi connectivity index (χ0) is 17.3. The van der Waals surface area contributed by atoms with Crippen molar-refractivity contribution in [2.24, 2.45) is 0 Å². The third-order valence-electron chi connectivity index (χ3n) is 3.61. The molecule has 0 fully saturated rings. The number of halogens is 2. The van der Waals surface area contributed by atoms with Gasteiger partial charge in [-0.2, -0.15) is 0 Å². The molecule has 0 spiro atoms. The molecule has 0 aliphatic heterocycles. The van der Waals surface area contributed by atoms with Crippen LogP contribution in [-0.2, 0) is 0 Å². The number of hydrogen-bond donors (Lipinski definition) is 2. The Kier molecular flexibility index (Phi) is 4.55. The van der Waals surface area contributed by atoms with E-state index in [9.17, 15) is 4.79 Å². The van der Waals surface area contributed by atoms with Crippen molar-refractivity contribution in [2.45, 2.75) is 0 Å². The SMILES string of the molecule is COc1cc2[nH]cc(C(=O)Nc3ccc(Cl)cc3Cl)c2cc1OC. The van der Waals surface area contributed by atoms with E-state index in [0.717, 1.165) is 10.9 Å². The number of anilines is 1. The highest BCUT2D eigenvalue weighted by Crippen LogP contribution is 2.34. The number of aromatic amines is 1. The summed E-state index contributed by atoms with van der Waals surface area (Å²) in [5, 5.41) is 4.37. The van der Waals surface area contributed by atoms with E-state index in [1.165, 1.54) is 0 Å². The lowest BCUT2D eigenvalue weighted by molar-refractivity contribution is 0.102. The molecule has 24 heavy (non-hydrogen) atoms. The van der Waals surface area contributed by atoms with Crippen LogP contribution < -0.4 is 14.8 Å². The Balaban J connectivity index is 1.98. The summed E-state index contributed by atoms with van der Waals surface area (Å²) in [6, 6.07) is 8.41. The maximum Gasteiger partial charge on any atom is 0.257 e. The van der Waals surface area contributed by atoms with Crippen molar-refractivity contribution in [1.29, 1.82) is 0 Å². The minimum absolute atomic E-state index is 0.294. The van der Waals surface area contributed by atoms with Crippen LogP contribution in [0.4, 0.5) is 5.69 Å². The molecule has 0 saturated heterocycles. The number of aromatic nitrogens is 1. The minimum Gasteiger partial charge on any atom is -0.493 e. The van der Waals surface area contributed by atoms with Gasteiger partial charge >= 0.3 is 0 Å². The van der Waals surface area contributed by atoms with Crippen LogP contribution in [0.3, 0.4) is 0 Å². The van der Waals surface area contributed by atoms with Crippen LogP contribution in [-0.4, -0.2) is 25.1 Å². The van der Waals surface area contributed by atoms with Crippen LogP contribution in [0.15, 0.2) is 36.5 Å². The topological polar surface area (TPSA) is 63.4 Å². The zero-order valence-corrected chi connectivity index (χ0v) is 14.5. The van der Waals surface area contributed by atoms with Gasteiger partial charge in [0.2, 0.25) is 0 Å². The number of methoxy groups -OCH3 is 2. The molecule has 1 amide bonds. The first-order valence-corrected chi connectivity index (χ1v) is 7.78. The maximum absolute atomic E-state index is 12.6. The van der Waals surface area contributed by atoms with Gasteiger partial charge in [-0.1, -0.05) is 23.2 Å². The number of nitrogens with one attached hydrogen (secondary N) is 2. The lowest BCUT2D eigenvalue weighted by atomic mass is 10.1. The van der Waals surface area contributed by atoms with Gasteiger partial charge in [-0.3, -0.25) is 4.79 Å². The maximum atomic E-state index is 12.6. The third kappa shape index (κ3) is 3.00. The van der Waals surface area contributed by atoms with Crippen LogP contribution in [0.2, 0.25) is 10.0 Å². The first-order valence-electron chi connectivity index (χ1n) is 7.03. The quantitative estimate of drug-likeness (QED) is 0.702. The van der Waals surface area contributed by atoms with Crippen molar-refractivity contribution in [1.82, 2.24) is 4.98 Å². The first kappa shape index (κ1) is 16.5. The molecule has 2 aromatic carbocycles. The van der Waals surface area contributed by atoms with Crippen molar-refractivity contribution < 1.29 is 14.3 Å². The molecule has 2 N–H and O–H groups in total. The van der Waals surface area contributed by atoms with Crippen molar-refractivity contribution in [2.75, 3.05) is 19.5 Å². The van der Waals surface area contributed by atoms with Crippen molar-refractivity contribution >= 4 is 45.7 Å². The average Bonchev–Trinajstić information content (AvgIpc) is 2.98. The van der Waals surface area contributed by atoms with Crippen LogP contribution in [0, 0.1) is 0 Å². The molecule has 5 nitrogen and oxygen atoms in total. The number of rotatable bonds is 4. The number of carbonyl (C=O) groups excluding carboxylic acids is 1. The number of benzene rings is 2. The fourth-order valence-corrected chi connectivity index (χ4v) is 2.87.